The fraction of sp³-hybridized carbons (Fsp3) is 1.00. The molecule has 0 aromatic heterocycles. The summed E-state index contributed by atoms with van der Waals surface area (Å²) >= 11 is 0. The van der Waals surface area contributed by atoms with Crippen molar-refractivity contribution in [1.29, 1.82) is 0 Å². The summed E-state index contributed by atoms with van der Waals surface area (Å²) in [6.45, 7) is 10.2. The lowest BCUT2D eigenvalue weighted by molar-refractivity contribution is -0.138. The molecule has 0 fully saturated rings. The lowest BCUT2D eigenvalue weighted by atomic mass is 9.91. The zero-order chi connectivity index (χ0) is 18.6. The van der Waals surface area contributed by atoms with Crippen molar-refractivity contribution in [3.8, 4) is 0 Å². The van der Waals surface area contributed by atoms with Crippen molar-refractivity contribution >= 4 is 21.6 Å². The molecule has 0 spiro atoms. The number of hydrogen-bond donors (Lipinski definition) is 0. The highest BCUT2D eigenvalue weighted by molar-refractivity contribution is 8.77. The Hall–Kier alpha value is 0.490. The van der Waals surface area contributed by atoms with E-state index in [0.717, 1.165) is 62.2 Å². The predicted octanol–water partition coefficient (Wildman–Crippen LogP) is 8.65. The molecule has 0 heterocycles. The lowest BCUT2D eigenvalue weighted by Gasteiger charge is -2.30. The molecule has 0 N–H and O–H groups in total. The molecule has 0 rings (SSSR count). The Morgan fingerprint density at radius 3 is 1.54 bits per heavy atom. The van der Waals surface area contributed by atoms with Crippen LogP contribution in [-0.4, -0.2) is 16.2 Å². The number of rotatable bonds is 13. The highest BCUT2D eigenvalue weighted by Gasteiger charge is 2.45. The van der Waals surface area contributed by atoms with E-state index in [0.29, 0.717) is 12.8 Å². The molecule has 0 aromatic carbocycles. The first-order chi connectivity index (χ1) is 11.1. The molecule has 0 aliphatic rings. The quantitative estimate of drug-likeness (QED) is 0.229. The van der Waals surface area contributed by atoms with Crippen LogP contribution in [0.2, 0.25) is 0 Å². The molecule has 0 saturated heterocycles. The van der Waals surface area contributed by atoms with Gasteiger partial charge in [-0.15, -0.1) is 0 Å². The third-order valence-corrected chi connectivity index (χ3v) is 7.88. The molecule has 0 saturated carbocycles. The van der Waals surface area contributed by atoms with E-state index >= 15 is 0 Å². The maximum absolute atomic E-state index is 13.7. The number of halogens is 3. The minimum Gasteiger partial charge on any atom is -0.170 e. The van der Waals surface area contributed by atoms with E-state index in [4.69, 9.17) is 0 Å². The van der Waals surface area contributed by atoms with Gasteiger partial charge in [-0.2, -0.15) is 13.2 Å². The summed E-state index contributed by atoms with van der Waals surface area (Å²) in [6, 6.07) is 0. The van der Waals surface area contributed by atoms with Crippen molar-refractivity contribution in [2.24, 2.45) is 5.92 Å². The highest BCUT2D eigenvalue weighted by atomic mass is 33.1. The Balaban J connectivity index is 4.80. The molecule has 1 atom stereocenters. The number of hydrogen-bond acceptors (Lipinski definition) is 2. The van der Waals surface area contributed by atoms with Crippen molar-refractivity contribution in [1.82, 2.24) is 0 Å². The van der Waals surface area contributed by atoms with Crippen molar-refractivity contribution in [3.05, 3.63) is 0 Å². The minimum absolute atomic E-state index is 0.150. The second kappa shape index (κ2) is 12.8. The van der Waals surface area contributed by atoms with E-state index in [1.165, 1.54) is 10.8 Å². The molecule has 0 aromatic rings. The van der Waals surface area contributed by atoms with E-state index in [1.807, 2.05) is 20.8 Å². The second-order valence-corrected chi connectivity index (χ2v) is 10.9. The van der Waals surface area contributed by atoms with Crippen LogP contribution in [0.15, 0.2) is 0 Å². The Bertz CT molecular complexity index is 286. The maximum atomic E-state index is 13.7. The molecule has 0 aliphatic heterocycles. The molecule has 5 heteroatoms. The average molecular weight is 387 g/mol. The molecule has 146 valence electrons. The first-order valence-electron chi connectivity index (χ1n) is 9.53. The number of alkyl halides is 3. The van der Waals surface area contributed by atoms with Gasteiger partial charge in [0.15, 0.2) is 0 Å². The molecule has 0 bridgehead atoms. The molecular weight excluding hydrogens is 349 g/mol. The van der Waals surface area contributed by atoms with Gasteiger partial charge in [-0.3, -0.25) is 0 Å². The molecule has 0 aliphatic carbocycles. The van der Waals surface area contributed by atoms with Gasteiger partial charge >= 0.3 is 6.18 Å². The van der Waals surface area contributed by atoms with Crippen LogP contribution in [0.1, 0.15) is 98.8 Å². The van der Waals surface area contributed by atoms with Gasteiger partial charge in [-0.05, 0) is 18.8 Å². The molecule has 24 heavy (non-hydrogen) atoms. The van der Waals surface area contributed by atoms with Crippen molar-refractivity contribution in [2.75, 3.05) is 0 Å². The van der Waals surface area contributed by atoms with Crippen LogP contribution in [0.4, 0.5) is 13.2 Å². The summed E-state index contributed by atoms with van der Waals surface area (Å²) in [6.07, 6.45) is 5.81. The first kappa shape index (κ1) is 24.5. The monoisotopic (exact) mass is 386 g/mol. The smallest absolute Gasteiger partial charge is 0.170 e. The van der Waals surface area contributed by atoms with E-state index in [9.17, 15) is 13.2 Å². The summed E-state index contributed by atoms with van der Waals surface area (Å²) < 4.78 is 40.8. The Morgan fingerprint density at radius 1 is 0.750 bits per heavy atom. The van der Waals surface area contributed by atoms with E-state index < -0.39 is 11.4 Å². The van der Waals surface area contributed by atoms with Gasteiger partial charge in [0.25, 0.3) is 0 Å². The number of unbranched alkanes of at least 4 members (excludes halogenated alkanes) is 6. The molecule has 0 nitrogen and oxygen atoms in total. The molecule has 0 unspecified atom stereocenters. The maximum Gasteiger partial charge on any atom is 0.401 e. The summed E-state index contributed by atoms with van der Waals surface area (Å²) in [5.41, 5.74) is 0. The van der Waals surface area contributed by atoms with Crippen LogP contribution < -0.4 is 0 Å². The summed E-state index contributed by atoms with van der Waals surface area (Å²) in [5.74, 6) is -0.237. The molecule has 0 amide bonds. The third kappa shape index (κ3) is 12.8. The normalized spacial score (nSPS) is 14.4. The Kier molecular flexibility index (Phi) is 13.0. The Labute approximate surface area is 155 Å². The first-order valence-corrected chi connectivity index (χ1v) is 11.7. The molecule has 0 radical (unpaired) electrons. The summed E-state index contributed by atoms with van der Waals surface area (Å²) in [4.78, 5) is 0. The average Bonchev–Trinajstić information content (AvgIpc) is 2.44. The van der Waals surface area contributed by atoms with E-state index in [2.05, 4.69) is 13.8 Å². The van der Waals surface area contributed by atoms with Crippen LogP contribution in [0.3, 0.4) is 0 Å². The second-order valence-electron chi connectivity index (χ2n) is 7.71. The van der Waals surface area contributed by atoms with Crippen molar-refractivity contribution < 1.29 is 13.2 Å². The van der Waals surface area contributed by atoms with Gasteiger partial charge in [0.2, 0.25) is 0 Å². The highest BCUT2D eigenvalue weighted by Crippen LogP contribution is 2.48. The summed E-state index contributed by atoms with van der Waals surface area (Å²) in [5, 5.41) is -1.23. The van der Waals surface area contributed by atoms with Crippen LogP contribution in [0.5, 0.6) is 0 Å². The molecular formula is C19H37F3S2. The van der Waals surface area contributed by atoms with Crippen molar-refractivity contribution in [3.63, 3.8) is 0 Å². The van der Waals surface area contributed by atoms with E-state index in [-0.39, 0.29) is 10.7 Å². The largest absolute Gasteiger partial charge is 0.401 e. The standard InChI is InChI=1S/C19H37F3S2/c1-6-8-10-12-14-16(15-13-11-9-7-2)17(19(20,21)22)23-24-18(3,4)5/h16-17H,6-15H2,1-5H3/t17-/m1/s1. The van der Waals surface area contributed by atoms with Gasteiger partial charge in [0, 0.05) is 4.75 Å². The van der Waals surface area contributed by atoms with Gasteiger partial charge in [-0.1, -0.05) is 108 Å². The van der Waals surface area contributed by atoms with Gasteiger partial charge in [-0.25, -0.2) is 0 Å². The van der Waals surface area contributed by atoms with Crippen LogP contribution in [-0.2, 0) is 0 Å². The van der Waals surface area contributed by atoms with Gasteiger partial charge < -0.3 is 0 Å². The van der Waals surface area contributed by atoms with Crippen molar-refractivity contribution in [2.45, 2.75) is 115 Å². The minimum atomic E-state index is -4.11. The lowest BCUT2D eigenvalue weighted by Crippen LogP contribution is -2.33. The van der Waals surface area contributed by atoms with Crippen LogP contribution in [0.25, 0.3) is 0 Å². The van der Waals surface area contributed by atoms with E-state index in [1.54, 1.807) is 0 Å². The predicted molar refractivity (Wildman–Crippen MR) is 106 cm³/mol. The fourth-order valence-corrected chi connectivity index (χ4v) is 5.62. The fourth-order valence-electron chi connectivity index (χ4n) is 2.71. The topological polar surface area (TPSA) is 0 Å². The SMILES string of the molecule is CCCCCCC(CCCCCC)[C@@H](SSC(C)(C)C)C(F)(F)F. The zero-order valence-electron chi connectivity index (χ0n) is 16.2. The van der Waals surface area contributed by atoms with Crippen LogP contribution in [0, 0.1) is 5.92 Å². The van der Waals surface area contributed by atoms with Gasteiger partial charge in [0.05, 0.1) is 0 Å². The Morgan fingerprint density at radius 2 is 1.21 bits per heavy atom. The third-order valence-electron chi connectivity index (χ3n) is 4.01. The van der Waals surface area contributed by atoms with Crippen LogP contribution >= 0.6 is 21.6 Å². The summed E-state index contributed by atoms with van der Waals surface area (Å²) in [7, 11) is 2.44. The zero-order valence-corrected chi connectivity index (χ0v) is 17.8. The van der Waals surface area contributed by atoms with Gasteiger partial charge in [0.1, 0.15) is 5.25 Å².